The second-order valence-electron chi connectivity index (χ2n) is 6.28. The molecular formula is C21H21FN2O2S. The predicted molar refractivity (Wildman–Crippen MR) is 106 cm³/mol. The van der Waals surface area contributed by atoms with Crippen LogP contribution in [0.4, 0.5) is 10.1 Å². The summed E-state index contributed by atoms with van der Waals surface area (Å²) in [6.45, 7) is 2.06. The Morgan fingerprint density at radius 3 is 2.15 bits per heavy atom. The summed E-state index contributed by atoms with van der Waals surface area (Å²) in [5.74, 6) is -0.322. The molecule has 0 fully saturated rings. The van der Waals surface area contributed by atoms with E-state index in [1.54, 1.807) is 36.4 Å². The molecule has 6 heteroatoms. The van der Waals surface area contributed by atoms with Crippen LogP contribution >= 0.6 is 0 Å². The van der Waals surface area contributed by atoms with Gasteiger partial charge in [0.1, 0.15) is 5.82 Å². The summed E-state index contributed by atoms with van der Waals surface area (Å²) in [4.78, 5) is 0.224. The topological polar surface area (TPSA) is 58.2 Å². The highest BCUT2D eigenvalue weighted by atomic mass is 32.2. The molecule has 0 aliphatic rings. The molecule has 0 aliphatic carbocycles. The third-order valence-corrected chi connectivity index (χ3v) is 5.64. The van der Waals surface area contributed by atoms with Crippen molar-refractivity contribution in [3.05, 3.63) is 95.8 Å². The monoisotopic (exact) mass is 384 g/mol. The highest BCUT2D eigenvalue weighted by Gasteiger charge is 2.18. The van der Waals surface area contributed by atoms with Gasteiger partial charge in [-0.25, -0.2) is 17.5 Å². The van der Waals surface area contributed by atoms with E-state index in [4.69, 9.17) is 0 Å². The molecule has 3 rings (SSSR count). The summed E-state index contributed by atoms with van der Waals surface area (Å²) in [6, 6.07) is 21.9. The second kappa shape index (κ2) is 8.33. The van der Waals surface area contributed by atoms with Crippen LogP contribution in [-0.2, 0) is 10.0 Å². The fraction of sp³-hybridized carbons (Fsp3) is 0.143. The van der Waals surface area contributed by atoms with Crippen LogP contribution < -0.4 is 10.0 Å². The van der Waals surface area contributed by atoms with Crippen molar-refractivity contribution in [3.8, 4) is 0 Å². The largest absolute Gasteiger partial charge is 0.377 e. The summed E-state index contributed by atoms with van der Waals surface area (Å²) in [6.07, 6.45) is 0. The van der Waals surface area contributed by atoms with Crippen LogP contribution in [0.15, 0.2) is 83.8 Å². The van der Waals surface area contributed by atoms with Crippen molar-refractivity contribution in [1.29, 1.82) is 0 Å². The van der Waals surface area contributed by atoms with Gasteiger partial charge in [0.15, 0.2) is 0 Å². The average Bonchev–Trinajstić information content (AvgIpc) is 2.68. The highest BCUT2D eigenvalue weighted by molar-refractivity contribution is 7.89. The molecule has 0 unspecified atom stereocenters. The standard InChI is InChI=1S/C21H21FN2O2S/c1-16-7-13-20(14-8-16)27(25,26)23-15-21(17-5-3-2-4-6-17)24-19-11-9-18(22)10-12-19/h2-14,21,23-24H,15H2,1H3/t21-/m1/s1. The maximum atomic E-state index is 13.1. The van der Waals surface area contributed by atoms with Crippen LogP contribution in [0.25, 0.3) is 0 Å². The minimum atomic E-state index is -3.63. The van der Waals surface area contributed by atoms with Crippen LogP contribution in [0.1, 0.15) is 17.2 Å². The molecule has 140 valence electrons. The molecule has 0 spiro atoms. The molecule has 0 heterocycles. The molecule has 0 radical (unpaired) electrons. The lowest BCUT2D eigenvalue weighted by atomic mass is 10.1. The summed E-state index contributed by atoms with van der Waals surface area (Å²) in [5.41, 5.74) is 2.63. The van der Waals surface area contributed by atoms with Crippen LogP contribution in [0.2, 0.25) is 0 Å². The molecule has 2 N–H and O–H groups in total. The van der Waals surface area contributed by atoms with Gasteiger partial charge in [-0.1, -0.05) is 48.0 Å². The van der Waals surface area contributed by atoms with E-state index in [0.29, 0.717) is 5.69 Å². The fourth-order valence-electron chi connectivity index (χ4n) is 2.68. The van der Waals surface area contributed by atoms with E-state index >= 15 is 0 Å². The zero-order valence-corrected chi connectivity index (χ0v) is 15.7. The number of nitrogens with one attached hydrogen (secondary N) is 2. The maximum absolute atomic E-state index is 13.1. The van der Waals surface area contributed by atoms with Crippen molar-refractivity contribution in [2.24, 2.45) is 0 Å². The first kappa shape index (κ1) is 19.1. The van der Waals surface area contributed by atoms with Crippen molar-refractivity contribution in [3.63, 3.8) is 0 Å². The number of hydrogen-bond acceptors (Lipinski definition) is 3. The van der Waals surface area contributed by atoms with Gasteiger partial charge >= 0.3 is 0 Å². The van der Waals surface area contributed by atoms with Crippen LogP contribution in [-0.4, -0.2) is 15.0 Å². The van der Waals surface area contributed by atoms with Gasteiger partial charge in [-0.3, -0.25) is 0 Å². The Morgan fingerprint density at radius 1 is 0.889 bits per heavy atom. The Balaban J connectivity index is 1.79. The molecule has 3 aromatic rings. The van der Waals surface area contributed by atoms with E-state index < -0.39 is 10.0 Å². The zero-order chi connectivity index (χ0) is 19.3. The number of aryl methyl sites for hydroxylation is 1. The van der Waals surface area contributed by atoms with Gasteiger partial charge in [0, 0.05) is 12.2 Å². The molecule has 0 amide bonds. The first-order valence-electron chi connectivity index (χ1n) is 8.57. The molecule has 0 aromatic heterocycles. The van der Waals surface area contributed by atoms with Gasteiger partial charge in [0.25, 0.3) is 0 Å². The Hall–Kier alpha value is -2.70. The molecule has 0 aliphatic heterocycles. The van der Waals surface area contributed by atoms with Crippen LogP contribution in [0.5, 0.6) is 0 Å². The lowest BCUT2D eigenvalue weighted by molar-refractivity contribution is 0.576. The summed E-state index contributed by atoms with van der Waals surface area (Å²) < 4.78 is 41.0. The smallest absolute Gasteiger partial charge is 0.240 e. The molecular weight excluding hydrogens is 363 g/mol. The van der Waals surface area contributed by atoms with Gasteiger partial charge in [-0.05, 0) is 48.9 Å². The maximum Gasteiger partial charge on any atom is 0.240 e. The third-order valence-electron chi connectivity index (χ3n) is 4.20. The minimum Gasteiger partial charge on any atom is -0.377 e. The first-order valence-corrected chi connectivity index (χ1v) is 10.1. The summed E-state index contributed by atoms with van der Waals surface area (Å²) >= 11 is 0. The predicted octanol–water partition coefficient (Wildman–Crippen LogP) is 4.27. The molecule has 3 aromatic carbocycles. The lowest BCUT2D eigenvalue weighted by Crippen LogP contribution is -2.31. The SMILES string of the molecule is Cc1ccc(S(=O)(=O)NC[C@@H](Nc2ccc(F)cc2)c2ccccc2)cc1. The number of hydrogen-bond donors (Lipinski definition) is 2. The Labute approximate surface area is 159 Å². The fourth-order valence-corrected chi connectivity index (χ4v) is 3.73. The van der Waals surface area contributed by atoms with E-state index in [2.05, 4.69) is 10.0 Å². The van der Waals surface area contributed by atoms with Gasteiger partial charge in [0.05, 0.1) is 10.9 Å². The highest BCUT2D eigenvalue weighted by Crippen LogP contribution is 2.20. The molecule has 0 saturated heterocycles. The number of anilines is 1. The van der Waals surface area contributed by atoms with Crippen molar-refractivity contribution in [2.75, 3.05) is 11.9 Å². The first-order chi connectivity index (χ1) is 12.9. The number of rotatable bonds is 7. The third kappa shape index (κ3) is 5.15. The molecule has 4 nitrogen and oxygen atoms in total. The van der Waals surface area contributed by atoms with E-state index in [9.17, 15) is 12.8 Å². The summed E-state index contributed by atoms with van der Waals surface area (Å²) in [5, 5.41) is 3.26. The van der Waals surface area contributed by atoms with Gasteiger partial charge in [-0.2, -0.15) is 0 Å². The van der Waals surface area contributed by atoms with Crippen molar-refractivity contribution in [2.45, 2.75) is 17.9 Å². The van der Waals surface area contributed by atoms with Gasteiger partial charge in [0.2, 0.25) is 10.0 Å². The van der Waals surface area contributed by atoms with E-state index in [-0.39, 0.29) is 23.3 Å². The number of halogens is 1. The number of benzene rings is 3. The van der Waals surface area contributed by atoms with Crippen molar-refractivity contribution < 1.29 is 12.8 Å². The van der Waals surface area contributed by atoms with Crippen molar-refractivity contribution in [1.82, 2.24) is 4.72 Å². The van der Waals surface area contributed by atoms with E-state index in [1.807, 2.05) is 37.3 Å². The molecule has 27 heavy (non-hydrogen) atoms. The second-order valence-corrected chi connectivity index (χ2v) is 8.05. The van der Waals surface area contributed by atoms with Crippen LogP contribution in [0, 0.1) is 12.7 Å². The van der Waals surface area contributed by atoms with E-state index in [1.165, 1.54) is 12.1 Å². The van der Waals surface area contributed by atoms with Gasteiger partial charge < -0.3 is 5.32 Å². The van der Waals surface area contributed by atoms with E-state index in [0.717, 1.165) is 11.1 Å². The molecule has 1 atom stereocenters. The Kier molecular flexibility index (Phi) is 5.88. The van der Waals surface area contributed by atoms with Crippen molar-refractivity contribution >= 4 is 15.7 Å². The quantitative estimate of drug-likeness (QED) is 0.640. The lowest BCUT2D eigenvalue weighted by Gasteiger charge is -2.21. The average molecular weight is 384 g/mol. The Morgan fingerprint density at radius 2 is 1.52 bits per heavy atom. The van der Waals surface area contributed by atoms with Gasteiger partial charge in [-0.15, -0.1) is 0 Å². The molecule has 0 saturated carbocycles. The number of sulfonamides is 1. The zero-order valence-electron chi connectivity index (χ0n) is 14.9. The normalized spacial score (nSPS) is 12.5. The Bertz CT molecular complexity index is 973. The summed E-state index contributed by atoms with van der Waals surface area (Å²) in [7, 11) is -3.63. The van der Waals surface area contributed by atoms with Crippen LogP contribution in [0.3, 0.4) is 0 Å². The minimum absolute atomic E-state index is 0.150. The molecule has 0 bridgehead atoms.